The zero-order chi connectivity index (χ0) is 24.4. The van der Waals surface area contributed by atoms with Crippen molar-refractivity contribution in [2.75, 3.05) is 52.6 Å². The van der Waals surface area contributed by atoms with Gasteiger partial charge in [-0.25, -0.2) is 0 Å². The van der Waals surface area contributed by atoms with Gasteiger partial charge in [0, 0.05) is 31.7 Å². The average molecular weight is 479 g/mol. The molecule has 5 rings (SSSR count). The first-order valence-electron chi connectivity index (χ1n) is 12.1. The van der Waals surface area contributed by atoms with E-state index in [1.807, 2.05) is 31.2 Å². The molecule has 3 aliphatic rings. The molecule has 0 aliphatic carbocycles. The molecular formula is C27H30N2O6. The Morgan fingerprint density at radius 2 is 1.66 bits per heavy atom. The Morgan fingerprint density at radius 1 is 0.943 bits per heavy atom. The fourth-order valence-electron chi connectivity index (χ4n) is 4.84. The summed E-state index contributed by atoms with van der Waals surface area (Å²) in [4.78, 5) is 30.3. The number of ketones is 1. The van der Waals surface area contributed by atoms with Gasteiger partial charge in [-0.2, -0.15) is 0 Å². The van der Waals surface area contributed by atoms with Gasteiger partial charge in [0.15, 0.2) is 11.5 Å². The van der Waals surface area contributed by atoms with Gasteiger partial charge in [0.05, 0.1) is 24.8 Å². The number of rotatable bonds is 6. The van der Waals surface area contributed by atoms with Gasteiger partial charge in [-0.3, -0.25) is 14.5 Å². The number of fused-ring (bicyclic) bond motifs is 1. The molecule has 8 nitrogen and oxygen atoms in total. The highest BCUT2D eigenvalue weighted by Crippen LogP contribution is 2.41. The molecule has 8 heteroatoms. The standard InChI is InChI=1S/C27H30N2O6/c1-18-3-5-19(6-4-18)24-23(25(30)20-7-8-21-22(17-20)35-16-15-34-21)26(31)27(32)29(24)10-2-9-28-11-13-33-14-12-28/h3-8,17,24,30H,2,9-16H2,1H3/b25-23+/t24-/m1/s1. The van der Waals surface area contributed by atoms with E-state index >= 15 is 0 Å². The lowest BCUT2D eigenvalue weighted by molar-refractivity contribution is -0.140. The van der Waals surface area contributed by atoms with Crippen LogP contribution in [0.3, 0.4) is 0 Å². The van der Waals surface area contributed by atoms with E-state index in [2.05, 4.69) is 4.90 Å². The van der Waals surface area contributed by atoms with E-state index in [9.17, 15) is 14.7 Å². The molecule has 0 unspecified atom stereocenters. The van der Waals surface area contributed by atoms with Crippen molar-refractivity contribution in [2.24, 2.45) is 0 Å². The second-order valence-electron chi connectivity index (χ2n) is 9.07. The minimum Gasteiger partial charge on any atom is -0.507 e. The summed E-state index contributed by atoms with van der Waals surface area (Å²) in [7, 11) is 0. The largest absolute Gasteiger partial charge is 0.507 e. The summed E-state index contributed by atoms with van der Waals surface area (Å²) in [5.41, 5.74) is 2.38. The van der Waals surface area contributed by atoms with Crippen molar-refractivity contribution in [2.45, 2.75) is 19.4 Å². The van der Waals surface area contributed by atoms with Gasteiger partial charge in [-0.05, 0) is 37.1 Å². The number of aliphatic hydroxyl groups excluding tert-OH is 1. The SMILES string of the molecule is Cc1ccc([C@@H]2/C(=C(\O)c3ccc4c(c3)OCCO4)C(=O)C(=O)N2CCCN2CCOCC2)cc1. The molecule has 184 valence electrons. The second-order valence-corrected chi connectivity index (χ2v) is 9.07. The highest BCUT2D eigenvalue weighted by molar-refractivity contribution is 6.46. The van der Waals surface area contributed by atoms with E-state index in [0.717, 1.165) is 37.2 Å². The van der Waals surface area contributed by atoms with Gasteiger partial charge >= 0.3 is 0 Å². The van der Waals surface area contributed by atoms with Gasteiger partial charge in [0.1, 0.15) is 19.0 Å². The van der Waals surface area contributed by atoms with Gasteiger partial charge in [-0.15, -0.1) is 0 Å². The zero-order valence-corrected chi connectivity index (χ0v) is 19.9. The molecule has 3 aliphatic heterocycles. The van der Waals surface area contributed by atoms with Crippen molar-refractivity contribution in [1.82, 2.24) is 9.80 Å². The Kier molecular flexibility index (Phi) is 6.74. The van der Waals surface area contributed by atoms with Crippen LogP contribution in [-0.2, 0) is 14.3 Å². The smallest absolute Gasteiger partial charge is 0.295 e. The zero-order valence-electron chi connectivity index (χ0n) is 19.9. The minimum absolute atomic E-state index is 0.0990. The van der Waals surface area contributed by atoms with Crippen molar-refractivity contribution in [3.8, 4) is 11.5 Å². The van der Waals surface area contributed by atoms with Crippen LogP contribution < -0.4 is 9.47 Å². The van der Waals surface area contributed by atoms with Crippen molar-refractivity contribution in [1.29, 1.82) is 0 Å². The van der Waals surface area contributed by atoms with E-state index in [1.165, 1.54) is 0 Å². The predicted molar refractivity (Wildman–Crippen MR) is 129 cm³/mol. The average Bonchev–Trinajstić information content (AvgIpc) is 3.14. The summed E-state index contributed by atoms with van der Waals surface area (Å²) < 4.78 is 16.6. The lowest BCUT2D eigenvalue weighted by Crippen LogP contribution is -2.38. The van der Waals surface area contributed by atoms with Gasteiger partial charge < -0.3 is 24.2 Å². The van der Waals surface area contributed by atoms with Crippen LogP contribution in [0.2, 0.25) is 0 Å². The Balaban J connectivity index is 1.48. The maximum atomic E-state index is 13.2. The molecule has 2 aromatic rings. The molecule has 0 spiro atoms. The molecule has 1 amide bonds. The first-order valence-corrected chi connectivity index (χ1v) is 12.1. The maximum absolute atomic E-state index is 13.2. The first kappa shape index (κ1) is 23.4. The molecule has 1 N–H and O–H groups in total. The molecule has 2 saturated heterocycles. The van der Waals surface area contributed by atoms with Crippen molar-refractivity contribution in [3.63, 3.8) is 0 Å². The lowest BCUT2D eigenvalue weighted by atomic mass is 9.94. The third kappa shape index (κ3) is 4.76. The number of hydrogen-bond donors (Lipinski definition) is 1. The third-order valence-electron chi connectivity index (χ3n) is 6.73. The lowest BCUT2D eigenvalue weighted by Gasteiger charge is -2.29. The van der Waals surface area contributed by atoms with E-state index in [1.54, 1.807) is 23.1 Å². The molecule has 1 atom stereocenters. The minimum atomic E-state index is -0.672. The summed E-state index contributed by atoms with van der Waals surface area (Å²) in [6.07, 6.45) is 0.722. The van der Waals surface area contributed by atoms with Crippen LogP contribution in [0.25, 0.3) is 5.76 Å². The molecule has 35 heavy (non-hydrogen) atoms. The highest BCUT2D eigenvalue weighted by Gasteiger charge is 2.45. The molecule has 3 heterocycles. The van der Waals surface area contributed by atoms with Crippen LogP contribution in [-0.4, -0.2) is 79.2 Å². The monoisotopic (exact) mass is 478 g/mol. The molecule has 0 radical (unpaired) electrons. The van der Waals surface area contributed by atoms with Gasteiger partial charge in [0.2, 0.25) is 0 Å². The number of amides is 1. The molecule has 0 bridgehead atoms. The quantitative estimate of drug-likeness (QED) is 0.388. The number of carbonyl (C=O) groups excluding carboxylic acids is 2. The van der Waals surface area contributed by atoms with E-state index in [0.29, 0.717) is 50.0 Å². The van der Waals surface area contributed by atoms with Crippen LogP contribution in [0, 0.1) is 6.92 Å². The molecule has 0 saturated carbocycles. The second kappa shape index (κ2) is 10.1. The van der Waals surface area contributed by atoms with Crippen LogP contribution >= 0.6 is 0 Å². The maximum Gasteiger partial charge on any atom is 0.295 e. The van der Waals surface area contributed by atoms with E-state index < -0.39 is 17.7 Å². The summed E-state index contributed by atoms with van der Waals surface area (Å²) in [5, 5.41) is 11.3. The molecule has 2 aromatic carbocycles. The summed E-state index contributed by atoms with van der Waals surface area (Å²) >= 11 is 0. The number of ether oxygens (including phenoxy) is 3. The number of morpholine rings is 1. The van der Waals surface area contributed by atoms with Crippen LogP contribution in [0.5, 0.6) is 11.5 Å². The Bertz CT molecular complexity index is 1140. The number of Topliss-reactive ketones (excluding diaryl/α,β-unsaturated/α-hetero) is 1. The Labute approximate surface area is 204 Å². The highest BCUT2D eigenvalue weighted by atomic mass is 16.6. The van der Waals surface area contributed by atoms with Gasteiger partial charge in [0.25, 0.3) is 11.7 Å². The molecular weight excluding hydrogens is 448 g/mol. The number of nitrogens with zero attached hydrogens (tertiary/aromatic N) is 2. The van der Waals surface area contributed by atoms with E-state index in [-0.39, 0.29) is 11.3 Å². The molecule has 2 fully saturated rings. The fraction of sp³-hybridized carbons (Fsp3) is 0.407. The fourth-order valence-corrected chi connectivity index (χ4v) is 4.84. The normalized spacial score (nSPS) is 22.0. The van der Waals surface area contributed by atoms with E-state index in [4.69, 9.17) is 14.2 Å². The number of aryl methyl sites for hydroxylation is 1. The van der Waals surface area contributed by atoms with Crippen LogP contribution in [0.4, 0.5) is 0 Å². The third-order valence-corrected chi connectivity index (χ3v) is 6.73. The van der Waals surface area contributed by atoms with Crippen molar-refractivity contribution >= 4 is 17.4 Å². The first-order chi connectivity index (χ1) is 17.0. The Morgan fingerprint density at radius 3 is 2.40 bits per heavy atom. The topological polar surface area (TPSA) is 88.5 Å². The predicted octanol–water partition coefficient (Wildman–Crippen LogP) is 2.91. The number of carbonyl (C=O) groups is 2. The number of hydrogen-bond acceptors (Lipinski definition) is 7. The number of benzene rings is 2. The number of likely N-dealkylation sites (tertiary alicyclic amines) is 1. The van der Waals surface area contributed by atoms with Crippen molar-refractivity contribution < 1.29 is 28.9 Å². The Hall–Kier alpha value is -3.36. The summed E-state index contributed by atoms with van der Waals surface area (Å²) in [6.45, 7) is 7.24. The molecule has 0 aromatic heterocycles. The summed E-state index contributed by atoms with van der Waals surface area (Å²) in [6, 6.07) is 12.1. The van der Waals surface area contributed by atoms with Crippen LogP contribution in [0.1, 0.15) is 29.2 Å². The van der Waals surface area contributed by atoms with Crippen LogP contribution in [0.15, 0.2) is 48.0 Å². The number of aliphatic hydroxyl groups is 1. The van der Waals surface area contributed by atoms with Crippen molar-refractivity contribution in [3.05, 3.63) is 64.7 Å². The summed E-state index contributed by atoms with van der Waals surface area (Å²) in [5.74, 6) is -0.370. The van der Waals surface area contributed by atoms with Gasteiger partial charge in [-0.1, -0.05) is 29.8 Å².